The summed E-state index contributed by atoms with van der Waals surface area (Å²) in [5, 5.41) is 4.53. The monoisotopic (exact) mass is 405 g/mol. The van der Waals surface area contributed by atoms with Crippen LogP contribution in [0.1, 0.15) is 23.8 Å². The van der Waals surface area contributed by atoms with Crippen molar-refractivity contribution in [3.8, 4) is 11.5 Å². The molecule has 0 bridgehead atoms. The Hall–Kier alpha value is -2.14. The van der Waals surface area contributed by atoms with Gasteiger partial charge in [0.25, 0.3) is 0 Å². The maximum Gasteiger partial charge on any atom is 0.161 e. The summed E-state index contributed by atoms with van der Waals surface area (Å²) in [5.41, 5.74) is 1.97. The van der Waals surface area contributed by atoms with Crippen molar-refractivity contribution < 1.29 is 13.9 Å². The van der Waals surface area contributed by atoms with E-state index in [1.54, 1.807) is 18.4 Å². The maximum absolute atomic E-state index is 6.21. The maximum atomic E-state index is 6.21. The first-order valence-electron chi connectivity index (χ1n) is 8.71. The van der Waals surface area contributed by atoms with Crippen molar-refractivity contribution in [2.75, 3.05) is 6.61 Å². The van der Waals surface area contributed by atoms with E-state index >= 15 is 0 Å². The SMILES string of the molecule is CCOc1cc(CNCc2ccco2)ccc1OCc1ccc(Cl)cc1Cl. The van der Waals surface area contributed by atoms with Gasteiger partial charge in [-0.05, 0) is 48.9 Å². The molecule has 0 fully saturated rings. The van der Waals surface area contributed by atoms with Crippen LogP contribution in [0.5, 0.6) is 11.5 Å². The number of nitrogens with one attached hydrogen (secondary N) is 1. The summed E-state index contributed by atoms with van der Waals surface area (Å²) in [7, 11) is 0. The highest BCUT2D eigenvalue weighted by Crippen LogP contribution is 2.30. The van der Waals surface area contributed by atoms with E-state index in [0.717, 1.165) is 16.9 Å². The fraction of sp³-hybridized carbons (Fsp3) is 0.238. The Balaban J connectivity index is 1.63. The minimum Gasteiger partial charge on any atom is -0.490 e. The molecule has 1 heterocycles. The highest BCUT2D eigenvalue weighted by molar-refractivity contribution is 6.35. The second-order valence-electron chi connectivity index (χ2n) is 5.92. The van der Waals surface area contributed by atoms with Crippen LogP contribution >= 0.6 is 23.2 Å². The lowest BCUT2D eigenvalue weighted by Gasteiger charge is -2.14. The second-order valence-corrected chi connectivity index (χ2v) is 6.77. The van der Waals surface area contributed by atoms with Crippen LogP contribution in [0, 0.1) is 0 Å². The molecule has 1 N–H and O–H groups in total. The molecule has 3 aromatic rings. The van der Waals surface area contributed by atoms with Crippen molar-refractivity contribution >= 4 is 23.2 Å². The van der Waals surface area contributed by atoms with Crippen LogP contribution in [0.25, 0.3) is 0 Å². The third kappa shape index (κ3) is 5.67. The summed E-state index contributed by atoms with van der Waals surface area (Å²) in [6.45, 7) is 4.21. The number of halogens is 2. The van der Waals surface area contributed by atoms with Crippen molar-refractivity contribution in [3.63, 3.8) is 0 Å². The van der Waals surface area contributed by atoms with E-state index in [2.05, 4.69) is 5.32 Å². The van der Waals surface area contributed by atoms with E-state index in [0.29, 0.717) is 47.8 Å². The molecule has 0 radical (unpaired) electrons. The van der Waals surface area contributed by atoms with Gasteiger partial charge in [-0.2, -0.15) is 0 Å². The molecule has 1 aromatic heterocycles. The van der Waals surface area contributed by atoms with Crippen LogP contribution in [0.4, 0.5) is 0 Å². The first kappa shape index (κ1) is 19.6. The molecule has 142 valence electrons. The molecular weight excluding hydrogens is 385 g/mol. The minimum absolute atomic E-state index is 0.339. The molecule has 4 nitrogen and oxygen atoms in total. The molecular formula is C21H21Cl2NO3. The largest absolute Gasteiger partial charge is 0.490 e. The minimum atomic E-state index is 0.339. The molecule has 0 aliphatic carbocycles. The van der Waals surface area contributed by atoms with E-state index < -0.39 is 0 Å². The fourth-order valence-corrected chi connectivity index (χ4v) is 3.05. The number of benzene rings is 2. The molecule has 0 amide bonds. The second kappa shape index (κ2) is 9.70. The lowest BCUT2D eigenvalue weighted by Crippen LogP contribution is -2.12. The van der Waals surface area contributed by atoms with Gasteiger partial charge in [-0.15, -0.1) is 0 Å². The Morgan fingerprint density at radius 3 is 2.59 bits per heavy atom. The van der Waals surface area contributed by atoms with Crippen molar-refractivity contribution in [2.45, 2.75) is 26.6 Å². The van der Waals surface area contributed by atoms with Crippen LogP contribution in [0.2, 0.25) is 10.0 Å². The highest BCUT2D eigenvalue weighted by atomic mass is 35.5. The lowest BCUT2D eigenvalue weighted by atomic mass is 10.2. The van der Waals surface area contributed by atoms with Crippen LogP contribution in [-0.2, 0) is 19.7 Å². The summed E-state index contributed by atoms with van der Waals surface area (Å²) in [5.74, 6) is 2.29. The van der Waals surface area contributed by atoms with E-state index in [-0.39, 0.29) is 0 Å². The Morgan fingerprint density at radius 2 is 1.85 bits per heavy atom. The van der Waals surface area contributed by atoms with Gasteiger partial charge in [-0.25, -0.2) is 0 Å². The fourth-order valence-electron chi connectivity index (χ4n) is 2.59. The van der Waals surface area contributed by atoms with Crippen molar-refractivity contribution in [2.24, 2.45) is 0 Å². The van der Waals surface area contributed by atoms with E-state index in [9.17, 15) is 0 Å². The number of hydrogen-bond donors (Lipinski definition) is 1. The van der Waals surface area contributed by atoms with E-state index in [1.807, 2.05) is 43.3 Å². The standard InChI is InChI=1S/C21H21Cl2NO3/c1-2-25-21-10-15(12-24-13-18-4-3-9-26-18)5-8-20(21)27-14-16-6-7-17(22)11-19(16)23/h3-11,24H,2,12-14H2,1H3. The normalized spacial score (nSPS) is 10.8. The summed E-state index contributed by atoms with van der Waals surface area (Å²) < 4.78 is 17.0. The summed E-state index contributed by atoms with van der Waals surface area (Å²) >= 11 is 12.1. The van der Waals surface area contributed by atoms with Gasteiger partial charge in [-0.1, -0.05) is 35.3 Å². The zero-order valence-electron chi connectivity index (χ0n) is 15.0. The van der Waals surface area contributed by atoms with Crippen LogP contribution in [0.15, 0.2) is 59.2 Å². The molecule has 0 aliphatic rings. The zero-order valence-corrected chi connectivity index (χ0v) is 16.5. The van der Waals surface area contributed by atoms with E-state index in [1.165, 1.54) is 0 Å². The van der Waals surface area contributed by atoms with Gasteiger partial charge in [0.05, 0.1) is 19.4 Å². The third-order valence-corrected chi connectivity index (χ3v) is 4.50. The van der Waals surface area contributed by atoms with Crippen LogP contribution in [0.3, 0.4) is 0 Å². The third-order valence-electron chi connectivity index (χ3n) is 3.91. The molecule has 2 aromatic carbocycles. The van der Waals surface area contributed by atoms with Gasteiger partial charge < -0.3 is 19.2 Å². The Morgan fingerprint density at radius 1 is 0.963 bits per heavy atom. The smallest absolute Gasteiger partial charge is 0.161 e. The number of hydrogen-bond acceptors (Lipinski definition) is 4. The molecule has 0 aliphatic heterocycles. The van der Waals surface area contributed by atoms with Crippen molar-refractivity contribution in [1.29, 1.82) is 0 Å². The highest BCUT2D eigenvalue weighted by Gasteiger charge is 2.09. The summed E-state index contributed by atoms with van der Waals surface area (Å²) in [6.07, 6.45) is 1.67. The number of rotatable bonds is 9. The first-order chi connectivity index (χ1) is 13.2. The summed E-state index contributed by atoms with van der Waals surface area (Å²) in [6, 6.07) is 15.1. The molecule has 0 atom stereocenters. The quantitative estimate of drug-likeness (QED) is 0.484. The first-order valence-corrected chi connectivity index (χ1v) is 9.47. The predicted molar refractivity (Wildman–Crippen MR) is 108 cm³/mol. The molecule has 27 heavy (non-hydrogen) atoms. The molecule has 0 spiro atoms. The topological polar surface area (TPSA) is 43.6 Å². The molecule has 0 saturated heterocycles. The Labute approximate surface area is 169 Å². The van der Waals surface area contributed by atoms with Gasteiger partial charge in [0.1, 0.15) is 12.4 Å². The molecule has 6 heteroatoms. The van der Waals surface area contributed by atoms with Gasteiger partial charge >= 0.3 is 0 Å². The van der Waals surface area contributed by atoms with Gasteiger partial charge in [0.15, 0.2) is 11.5 Å². The summed E-state index contributed by atoms with van der Waals surface area (Å²) in [4.78, 5) is 0. The van der Waals surface area contributed by atoms with Gasteiger partial charge in [0.2, 0.25) is 0 Å². The molecule has 3 rings (SSSR count). The van der Waals surface area contributed by atoms with Crippen molar-refractivity contribution in [1.82, 2.24) is 5.32 Å². The zero-order chi connectivity index (χ0) is 19.1. The Kier molecular flexibility index (Phi) is 7.04. The van der Waals surface area contributed by atoms with E-state index in [4.69, 9.17) is 37.1 Å². The lowest BCUT2D eigenvalue weighted by molar-refractivity contribution is 0.269. The average molecular weight is 406 g/mol. The molecule has 0 saturated carbocycles. The van der Waals surface area contributed by atoms with Crippen LogP contribution in [-0.4, -0.2) is 6.61 Å². The Bertz CT molecular complexity index is 866. The van der Waals surface area contributed by atoms with Crippen molar-refractivity contribution in [3.05, 3.63) is 81.7 Å². The molecule has 0 unspecified atom stereocenters. The average Bonchev–Trinajstić information content (AvgIpc) is 3.16. The number of ether oxygens (including phenoxy) is 2. The van der Waals surface area contributed by atoms with Gasteiger partial charge in [-0.3, -0.25) is 0 Å². The predicted octanol–water partition coefficient (Wildman–Crippen LogP) is 5.85. The number of furan rings is 1. The van der Waals surface area contributed by atoms with Gasteiger partial charge in [0, 0.05) is 22.2 Å². The van der Waals surface area contributed by atoms with Crippen LogP contribution < -0.4 is 14.8 Å².